The lowest BCUT2D eigenvalue weighted by Gasteiger charge is -1.99. The highest BCUT2D eigenvalue weighted by Gasteiger charge is 1.95. The standard InChI is InChI=1S/C5H10BrS/c1-2-5(7)3-4-6/h5H,2-4H2,1H3. The van der Waals surface area contributed by atoms with Crippen LogP contribution in [0.4, 0.5) is 0 Å². The van der Waals surface area contributed by atoms with E-state index in [9.17, 15) is 0 Å². The van der Waals surface area contributed by atoms with Gasteiger partial charge in [0.15, 0.2) is 0 Å². The van der Waals surface area contributed by atoms with Crippen LogP contribution in [-0.2, 0) is 0 Å². The van der Waals surface area contributed by atoms with E-state index in [1.54, 1.807) is 0 Å². The molecule has 43 valence electrons. The average Bonchev–Trinajstić information content (AvgIpc) is 1.68. The van der Waals surface area contributed by atoms with E-state index < -0.39 is 0 Å². The molecule has 0 fully saturated rings. The Labute approximate surface area is 59.2 Å². The van der Waals surface area contributed by atoms with Gasteiger partial charge in [-0.05, 0) is 12.8 Å². The van der Waals surface area contributed by atoms with E-state index in [1.807, 2.05) is 0 Å². The fourth-order valence-electron chi connectivity index (χ4n) is 0.326. The van der Waals surface area contributed by atoms with Gasteiger partial charge < -0.3 is 0 Å². The van der Waals surface area contributed by atoms with Crippen molar-refractivity contribution in [3.05, 3.63) is 0 Å². The zero-order valence-corrected chi connectivity index (χ0v) is 6.89. The average molecular weight is 182 g/mol. The van der Waals surface area contributed by atoms with Crippen molar-refractivity contribution in [1.82, 2.24) is 0 Å². The zero-order chi connectivity index (χ0) is 5.70. The fourth-order valence-corrected chi connectivity index (χ4v) is 1.30. The van der Waals surface area contributed by atoms with Crippen molar-refractivity contribution in [1.29, 1.82) is 0 Å². The van der Waals surface area contributed by atoms with Gasteiger partial charge in [-0.25, -0.2) is 0 Å². The maximum Gasteiger partial charge on any atom is 0.0156 e. The Morgan fingerprint density at radius 3 is 2.43 bits per heavy atom. The second-order valence-electron chi connectivity index (χ2n) is 1.51. The quantitative estimate of drug-likeness (QED) is 0.588. The van der Waals surface area contributed by atoms with E-state index in [0.717, 1.165) is 18.2 Å². The number of rotatable bonds is 3. The zero-order valence-electron chi connectivity index (χ0n) is 4.48. The van der Waals surface area contributed by atoms with E-state index in [0.29, 0.717) is 5.25 Å². The van der Waals surface area contributed by atoms with Gasteiger partial charge in [-0.15, -0.1) is 0 Å². The Balaban J connectivity index is 2.83. The van der Waals surface area contributed by atoms with E-state index in [2.05, 4.69) is 22.9 Å². The van der Waals surface area contributed by atoms with Crippen molar-refractivity contribution in [3.8, 4) is 0 Å². The van der Waals surface area contributed by atoms with E-state index >= 15 is 0 Å². The van der Waals surface area contributed by atoms with Gasteiger partial charge in [-0.3, -0.25) is 0 Å². The largest absolute Gasteiger partial charge is 0.0928 e. The summed E-state index contributed by atoms with van der Waals surface area (Å²) in [5.41, 5.74) is 0. The summed E-state index contributed by atoms with van der Waals surface area (Å²) in [6, 6.07) is 0. The van der Waals surface area contributed by atoms with Gasteiger partial charge in [-0.2, -0.15) is 0 Å². The summed E-state index contributed by atoms with van der Waals surface area (Å²) >= 11 is 8.33. The molecule has 0 heterocycles. The molecule has 0 aliphatic carbocycles. The minimum absolute atomic E-state index is 0.486. The summed E-state index contributed by atoms with van der Waals surface area (Å²) in [4.78, 5) is 0. The Morgan fingerprint density at radius 1 is 1.71 bits per heavy atom. The molecule has 0 rings (SSSR count). The molecule has 1 radical (unpaired) electrons. The lowest BCUT2D eigenvalue weighted by Crippen LogP contribution is -1.94. The maximum absolute atomic E-state index is 5.01. The van der Waals surface area contributed by atoms with Gasteiger partial charge in [0, 0.05) is 10.6 Å². The normalized spacial score (nSPS) is 14.1. The minimum Gasteiger partial charge on any atom is -0.0928 e. The molecule has 0 amide bonds. The first kappa shape index (κ1) is 7.83. The second kappa shape index (κ2) is 4.98. The smallest absolute Gasteiger partial charge is 0.0156 e. The van der Waals surface area contributed by atoms with Crippen molar-refractivity contribution in [2.45, 2.75) is 25.0 Å². The summed E-state index contributed by atoms with van der Waals surface area (Å²) in [5, 5.41) is 1.54. The summed E-state index contributed by atoms with van der Waals surface area (Å²) in [5.74, 6) is 0. The Bertz CT molecular complexity index is 39.1. The molecule has 0 aromatic carbocycles. The molecule has 0 aliphatic rings. The highest BCUT2D eigenvalue weighted by Crippen LogP contribution is 2.06. The Morgan fingerprint density at radius 2 is 2.29 bits per heavy atom. The predicted molar refractivity (Wildman–Crippen MR) is 40.1 cm³/mol. The predicted octanol–water partition coefficient (Wildman–Crippen LogP) is 2.75. The van der Waals surface area contributed by atoms with Crippen LogP contribution in [0.3, 0.4) is 0 Å². The number of hydrogen-bond acceptors (Lipinski definition) is 0. The molecule has 0 nitrogen and oxygen atoms in total. The van der Waals surface area contributed by atoms with Gasteiger partial charge in [0.25, 0.3) is 0 Å². The highest BCUT2D eigenvalue weighted by atomic mass is 79.9. The molecular weight excluding hydrogens is 172 g/mol. The molecule has 0 spiro atoms. The van der Waals surface area contributed by atoms with Crippen molar-refractivity contribution in [2.24, 2.45) is 0 Å². The van der Waals surface area contributed by atoms with Crippen LogP contribution in [0.5, 0.6) is 0 Å². The summed E-state index contributed by atoms with van der Waals surface area (Å²) in [6.07, 6.45) is 2.26. The number of alkyl halides is 1. The van der Waals surface area contributed by atoms with Gasteiger partial charge in [-0.1, -0.05) is 35.5 Å². The molecule has 7 heavy (non-hydrogen) atoms. The van der Waals surface area contributed by atoms with E-state index in [-0.39, 0.29) is 0 Å². The molecule has 0 aromatic rings. The molecule has 2 heteroatoms. The van der Waals surface area contributed by atoms with Crippen LogP contribution in [0.15, 0.2) is 0 Å². The first-order valence-electron chi connectivity index (χ1n) is 2.53. The van der Waals surface area contributed by atoms with Crippen molar-refractivity contribution >= 4 is 28.6 Å². The van der Waals surface area contributed by atoms with Gasteiger partial charge in [0.1, 0.15) is 0 Å². The summed E-state index contributed by atoms with van der Waals surface area (Å²) < 4.78 is 0. The van der Waals surface area contributed by atoms with Gasteiger partial charge in [0.2, 0.25) is 0 Å². The molecule has 0 N–H and O–H groups in total. The lowest BCUT2D eigenvalue weighted by molar-refractivity contribution is 0.808. The highest BCUT2D eigenvalue weighted by molar-refractivity contribution is 9.09. The third kappa shape index (κ3) is 4.69. The van der Waals surface area contributed by atoms with Crippen molar-refractivity contribution < 1.29 is 0 Å². The molecular formula is C5H10BrS. The van der Waals surface area contributed by atoms with E-state index in [1.165, 1.54) is 0 Å². The van der Waals surface area contributed by atoms with Gasteiger partial charge in [0.05, 0.1) is 0 Å². The molecule has 0 saturated heterocycles. The minimum atomic E-state index is 0.486. The van der Waals surface area contributed by atoms with Crippen LogP contribution in [0, 0.1) is 0 Å². The maximum atomic E-state index is 5.01. The molecule has 1 unspecified atom stereocenters. The van der Waals surface area contributed by atoms with Crippen molar-refractivity contribution in [2.75, 3.05) is 5.33 Å². The first-order chi connectivity index (χ1) is 3.31. The number of hydrogen-bond donors (Lipinski definition) is 0. The molecule has 0 aliphatic heterocycles. The molecule has 1 atom stereocenters. The molecule has 0 bridgehead atoms. The molecule has 0 saturated carbocycles. The summed E-state index contributed by atoms with van der Waals surface area (Å²) in [7, 11) is 0. The van der Waals surface area contributed by atoms with E-state index in [4.69, 9.17) is 12.6 Å². The number of halogens is 1. The monoisotopic (exact) mass is 181 g/mol. The second-order valence-corrected chi connectivity index (χ2v) is 2.97. The lowest BCUT2D eigenvalue weighted by atomic mass is 10.3. The third-order valence-electron chi connectivity index (χ3n) is 0.886. The van der Waals surface area contributed by atoms with Gasteiger partial charge >= 0.3 is 0 Å². The Hall–Kier alpha value is 0.830. The van der Waals surface area contributed by atoms with Crippen LogP contribution in [0.25, 0.3) is 0 Å². The first-order valence-corrected chi connectivity index (χ1v) is 4.12. The van der Waals surface area contributed by atoms with Crippen LogP contribution in [0.1, 0.15) is 19.8 Å². The fraction of sp³-hybridized carbons (Fsp3) is 1.00. The van der Waals surface area contributed by atoms with Crippen LogP contribution in [-0.4, -0.2) is 10.6 Å². The third-order valence-corrected chi connectivity index (χ3v) is 1.91. The van der Waals surface area contributed by atoms with Crippen LogP contribution in [0.2, 0.25) is 0 Å². The SMILES string of the molecule is CCC([S])CCBr. The van der Waals surface area contributed by atoms with Crippen LogP contribution >= 0.6 is 28.6 Å². The van der Waals surface area contributed by atoms with Crippen LogP contribution < -0.4 is 0 Å². The topological polar surface area (TPSA) is 0 Å². The summed E-state index contributed by atoms with van der Waals surface area (Å²) in [6.45, 7) is 2.13. The Kier molecular flexibility index (Phi) is 5.57. The van der Waals surface area contributed by atoms with Crippen molar-refractivity contribution in [3.63, 3.8) is 0 Å². The molecule has 0 aromatic heterocycles.